The van der Waals surface area contributed by atoms with E-state index < -0.39 is 0 Å². The van der Waals surface area contributed by atoms with Gasteiger partial charge in [-0.25, -0.2) is 0 Å². The van der Waals surface area contributed by atoms with Crippen molar-refractivity contribution < 1.29 is 23.4 Å². The van der Waals surface area contributed by atoms with Gasteiger partial charge in [-0.2, -0.15) is 9.61 Å². The molecule has 0 spiro atoms. The monoisotopic (exact) mass is 483 g/mol. The van der Waals surface area contributed by atoms with Crippen LogP contribution >= 0.6 is 0 Å². The molecule has 0 unspecified atom stereocenters. The minimum absolute atomic E-state index is 0.474. The van der Waals surface area contributed by atoms with E-state index in [-0.39, 0.29) is 0 Å². The molecule has 0 N–H and O–H groups in total. The number of methoxy groups -OCH3 is 3. The molecule has 0 amide bonds. The van der Waals surface area contributed by atoms with E-state index in [0.717, 1.165) is 85.4 Å². The maximum absolute atomic E-state index is 6.26. The first kappa shape index (κ1) is 24.0. The smallest absolute Gasteiger partial charge is 0.246 e. The number of ether oxygens (including phenoxy) is 4. The van der Waals surface area contributed by atoms with Gasteiger partial charge in [-0.1, -0.05) is 6.92 Å². The summed E-state index contributed by atoms with van der Waals surface area (Å²) in [6, 6.07) is 3.96. The minimum atomic E-state index is 0.474. The summed E-state index contributed by atoms with van der Waals surface area (Å²) >= 11 is 0. The molecule has 1 saturated heterocycles. The van der Waals surface area contributed by atoms with Crippen molar-refractivity contribution in [1.29, 1.82) is 0 Å². The zero-order chi connectivity index (χ0) is 24.4. The molecule has 190 valence electrons. The molecule has 5 rings (SSSR count). The van der Waals surface area contributed by atoms with Crippen molar-refractivity contribution in [2.45, 2.75) is 45.6 Å². The number of aromatic nitrogens is 2. The van der Waals surface area contributed by atoms with E-state index in [1.165, 1.54) is 12.8 Å². The standard InChI is InChI=1S/C27H37N3O5/c1-5-21-26(29(14-18-6-7-18)15-19-8-10-34-11-9-19)27-30(28-21)22(17-35-27)25-23(32-3)12-20(16-31-2)13-24(25)33-4/h12-13,17-19H,5-11,14-16H2,1-4H3. The average Bonchev–Trinajstić information content (AvgIpc) is 3.49. The molecular formula is C27H37N3O5. The predicted molar refractivity (Wildman–Crippen MR) is 135 cm³/mol. The van der Waals surface area contributed by atoms with Crippen LogP contribution in [-0.4, -0.2) is 57.2 Å². The fraction of sp³-hybridized carbons (Fsp3) is 0.593. The molecule has 3 aromatic rings. The summed E-state index contributed by atoms with van der Waals surface area (Å²) in [6.45, 7) is 6.42. The second-order valence-corrected chi connectivity index (χ2v) is 9.70. The van der Waals surface area contributed by atoms with Gasteiger partial charge in [0, 0.05) is 33.4 Å². The van der Waals surface area contributed by atoms with Gasteiger partial charge in [0.15, 0.2) is 0 Å². The van der Waals surface area contributed by atoms with Gasteiger partial charge in [-0.05, 0) is 61.6 Å². The van der Waals surface area contributed by atoms with Gasteiger partial charge in [0.2, 0.25) is 5.71 Å². The van der Waals surface area contributed by atoms with Crippen LogP contribution in [0, 0.1) is 11.8 Å². The van der Waals surface area contributed by atoms with E-state index in [2.05, 4.69) is 11.8 Å². The Bertz CT molecular complexity index is 1120. The number of hydrogen-bond donors (Lipinski definition) is 0. The summed E-state index contributed by atoms with van der Waals surface area (Å²) in [4.78, 5) is 2.54. The van der Waals surface area contributed by atoms with Crippen LogP contribution < -0.4 is 14.4 Å². The fourth-order valence-electron chi connectivity index (χ4n) is 5.17. The van der Waals surface area contributed by atoms with Gasteiger partial charge in [-0.15, -0.1) is 0 Å². The molecule has 0 radical (unpaired) electrons. The predicted octanol–water partition coefficient (Wildman–Crippen LogP) is 4.96. The molecule has 0 bridgehead atoms. The third-order valence-electron chi connectivity index (χ3n) is 7.18. The number of fused-ring (bicyclic) bond motifs is 1. The third kappa shape index (κ3) is 4.86. The Hall–Kier alpha value is -2.71. The number of aryl methyl sites for hydroxylation is 1. The largest absolute Gasteiger partial charge is 0.496 e. The fourth-order valence-corrected chi connectivity index (χ4v) is 5.17. The summed E-state index contributed by atoms with van der Waals surface area (Å²) in [5.74, 6) is 2.79. The Morgan fingerprint density at radius 3 is 2.23 bits per heavy atom. The molecule has 8 nitrogen and oxygen atoms in total. The Balaban J connectivity index is 1.58. The van der Waals surface area contributed by atoms with E-state index in [0.29, 0.717) is 24.0 Å². The van der Waals surface area contributed by atoms with Gasteiger partial charge in [0.1, 0.15) is 29.1 Å². The highest BCUT2D eigenvalue weighted by Crippen LogP contribution is 2.43. The lowest BCUT2D eigenvalue weighted by molar-refractivity contribution is 0.0681. The summed E-state index contributed by atoms with van der Waals surface area (Å²) in [6.07, 6.45) is 7.44. The Labute approximate surface area is 207 Å². The van der Waals surface area contributed by atoms with Crippen LogP contribution in [0.4, 0.5) is 5.69 Å². The highest BCUT2D eigenvalue weighted by atomic mass is 16.5. The van der Waals surface area contributed by atoms with Crippen molar-refractivity contribution in [3.05, 3.63) is 29.7 Å². The zero-order valence-electron chi connectivity index (χ0n) is 21.3. The van der Waals surface area contributed by atoms with Gasteiger partial charge in [0.25, 0.3) is 0 Å². The second-order valence-electron chi connectivity index (χ2n) is 9.70. The van der Waals surface area contributed by atoms with Gasteiger partial charge in [0.05, 0.1) is 32.1 Å². The molecule has 8 heteroatoms. The summed E-state index contributed by atoms with van der Waals surface area (Å²) < 4.78 is 30.7. The van der Waals surface area contributed by atoms with Crippen LogP contribution in [0.3, 0.4) is 0 Å². The van der Waals surface area contributed by atoms with Crippen LogP contribution in [0.2, 0.25) is 0 Å². The van der Waals surface area contributed by atoms with Crippen molar-refractivity contribution in [1.82, 2.24) is 9.61 Å². The lowest BCUT2D eigenvalue weighted by Crippen LogP contribution is -2.34. The molecule has 1 aliphatic carbocycles. The van der Waals surface area contributed by atoms with E-state index >= 15 is 0 Å². The van der Waals surface area contributed by atoms with Crippen molar-refractivity contribution in [3.63, 3.8) is 0 Å². The molecule has 2 aliphatic rings. The lowest BCUT2D eigenvalue weighted by atomic mass is 9.99. The Morgan fingerprint density at radius 2 is 1.66 bits per heavy atom. The van der Waals surface area contributed by atoms with Gasteiger partial charge in [-0.3, -0.25) is 0 Å². The molecule has 35 heavy (non-hydrogen) atoms. The summed E-state index contributed by atoms with van der Waals surface area (Å²) in [5, 5.41) is 5.04. The van der Waals surface area contributed by atoms with E-state index in [1.807, 2.05) is 16.6 Å². The SMILES string of the molecule is CCc1nn2c(-c3c(OC)cc(COC)cc3OC)coc2c1N(CC1CCOCC1)CC1CC1. The van der Waals surface area contributed by atoms with Crippen LogP contribution in [0.1, 0.15) is 43.9 Å². The number of anilines is 1. The number of nitrogens with zero attached hydrogens (tertiary/aromatic N) is 3. The maximum Gasteiger partial charge on any atom is 0.246 e. The molecule has 1 aliphatic heterocycles. The number of benzene rings is 1. The first-order chi connectivity index (χ1) is 17.2. The van der Waals surface area contributed by atoms with Crippen molar-refractivity contribution in [3.8, 4) is 22.8 Å². The van der Waals surface area contributed by atoms with E-state index in [1.54, 1.807) is 27.6 Å². The quantitative estimate of drug-likeness (QED) is 0.382. The highest BCUT2D eigenvalue weighted by molar-refractivity contribution is 5.80. The first-order valence-corrected chi connectivity index (χ1v) is 12.7. The van der Waals surface area contributed by atoms with Crippen molar-refractivity contribution >= 4 is 11.4 Å². The minimum Gasteiger partial charge on any atom is -0.496 e. The summed E-state index contributed by atoms with van der Waals surface area (Å²) in [7, 11) is 5.02. The average molecular weight is 484 g/mol. The summed E-state index contributed by atoms with van der Waals surface area (Å²) in [5.41, 5.74) is 5.60. The van der Waals surface area contributed by atoms with Crippen molar-refractivity contribution in [2.24, 2.45) is 11.8 Å². The zero-order valence-corrected chi connectivity index (χ0v) is 21.3. The maximum atomic E-state index is 6.26. The molecule has 2 aromatic heterocycles. The molecule has 1 saturated carbocycles. The number of oxazole rings is 1. The van der Waals surface area contributed by atoms with Crippen LogP contribution in [-0.2, 0) is 22.5 Å². The van der Waals surface area contributed by atoms with Gasteiger partial charge >= 0.3 is 0 Å². The second kappa shape index (κ2) is 10.5. The van der Waals surface area contributed by atoms with Gasteiger partial charge < -0.3 is 28.3 Å². The molecule has 2 fully saturated rings. The molecule has 0 atom stereocenters. The van der Waals surface area contributed by atoms with Crippen LogP contribution in [0.25, 0.3) is 17.0 Å². The number of rotatable bonds is 11. The van der Waals surface area contributed by atoms with Crippen molar-refractivity contribution in [2.75, 3.05) is 52.5 Å². The topological polar surface area (TPSA) is 70.6 Å². The Morgan fingerprint density at radius 1 is 1.00 bits per heavy atom. The molecule has 1 aromatic carbocycles. The normalized spacial score (nSPS) is 16.7. The third-order valence-corrected chi connectivity index (χ3v) is 7.18. The highest BCUT2D eigenvalue weighted by Gasteiger charge is 2.32. The Kier molecular flexibility index (Phi) is 7.20. The number of hydrogen-bond acceptors (Lipinski definition) is 7. The van der Waals surface area contributed by atoms with E-state index in [9.17, 15) is 0 Å². The van der Waals surface area contributed by atoms with E-state index in [4.69, 9.17) is 28.5 Å². The van der Waals surface area contributed by atoms with Crippen LogP contribution in [0.5, 0.6) is 11.5 Å². The molecular weight excluding hydrogens is 446 g/mol. The first-order valence-electron chi connectivity index (χ1n) is 12.7. The molecule has 3 heterocycles. The van der Waals surface area contributed by atoms with Crippen LogP contribution in [0.15, 0.2) is 22.8 Å². The lowest BCUT2D eigenvalue weighted by Gasteiger charge is -2.31.